The smallest absolute Gasteiger partial charge is 0.276 e. The van der Waals surface area contributed by atoms with E-state index < -0.39 is 10.0 Å². The topological polar surface area (TPSA) is 75.6 Å². The van der Waals surface area contributed by atoms with Crippen molar-refractivity contribution in [2.75, 3.05) is 0 Å². The molecule has 6 heteroatoms. The van der Waals surface area contributed by atoms with Crippen molar-refractivity contribution in [3.63, 3.8) is 0 Å². The molecule has 0 heterocycles. The molecule has 0 fully saturated rings. The number of nitrogens with one attached hydrogen (secondary N) is 1. The van der Waals surface area contributed by atoms with Crippen molar-refractivity contribution in [3.8, 4) is 0 Å². The Bertz CT molecular complexity index is 751. The summed E-state index contributed by atoms with van der Waals surface area (Å²) in [5.74, 6) is 0. The fourth-order valence-corrected chi connectivity index (χ4v) is 2.47. The van der Waals surface area contributed by atoms with Gasteiger partial charge in [0.2, 0.25) is 0 Å². The molecule has 2 rings (SSSR count). The van der Waals surface area contributed by atoms with Crippen LogP contribution in [0.2, 0.25) is 0 Å². The highest BCUT2D eigenvalue weighted by Gasteiger charge is 2.13. The van der Waals surface area contributed by atoms with Crippen molar-refractivity contribution in [1.82, 2.24) is 4.83 Å². The minimum absolute atomic E-state index is 0.0197. The molecule has 2 aromatic rings. The number of aldehydes is 1. The van der Waals surface area contributed by atoms with Crippen molar-refractivity contribution >= 4 is 22.0 Å². The van der Waals surface area contributed by atoms with Crippen LogP contribution in [-0.2, 0) is 14.8 Å². The zero-order valence-electron chi connectivity index (χ0n) is 11.4. The van der Waals surface area contributed by atoms with Gasteiger partial charge in [0, 0.05) is 5.56 Å². The average Bonchev–Trinajstić information content (AvgIpc) is 2.49. The molecule has 0 aliphatic carbocycles. The molecule has 0 atom stereocenters. The first-order valence-electron chi connectivity index (χ1n) is 6.20. The Kier molecular flexibility index (Phi) is 4.49. The normalized spacial score (nSPS) is 12.0. The average molecular weight is 302 g/mol. The predicted molar refractivity (Wildman–Crippen MR) is 80.5 cm³/mol. The molecule has 21 heavy (non-hydrogen) atoms. The Morgan fingerprint density at radius 3 is 2.24 bits per heavy atom. The van der Waals surface area contributed by atoms with Crippen LogP contribution in [0, 0.1) is 6.92 Å². The van der Waals surface area contributed by atoms with Crippen LogP contribution in [0.15, 0.2) is 64.6 Å². The van der Waals surface area contributed by atoms with Crippen LogP contribution >= 0.6 is 0 Å². The molecule has 0 amide bonds. The van der Waals surface area contributed by atoms with Crippen LogP contribution in [-0.4, -0.2) is 20.4 Å². The number of hydrazone groups is 1. The Labute approximate surface area is 123 Å². The Balaban J connectivity index is 2.26. The summed E-state index contributed by atoms with van der Waals surface area (Å²) in [6, 6.07) is 15.0. The first-order chi connectivity index (χ1) is 10.0. The van der Waals surface area contributed by atoms with E-state index in [-0.39, 0.29) is 10.6 Å². The van der Waals surface area contributed by atoms with Crippen molar-refractivity contribution in [2.24, 2.45) is 5.10 Å². The van der Waals surface area contributed by atoms with E-state index in [0.717, 1.165) is 5.56 Å². The summed E-state index contributed by atoms with van der Waals surface area (Å²) in [5, 5.41) is 3.69. The van der Waals surface area contributed by atoms with Crippen LogP contribution in [0.25, 0.3) is 0 Å². The number of hydrogen-bond acceptors (Lipinski definition) is 4. The number of nitrogens with zero attached hydrogens (tertiary/aromatic N) is 1. The standard InChI is InChI=1S/C15H14N2O3S/c1-12-7-9-14(10-8-12)21(19,20)17-16-15(11-18)13-5-3-2-4-6-13/h2-11,17H,1H3. The Morgan fingerprint density at radius 1 is 1.05 bits per heavy atom. The maximum Gasteiger partial charge on any atom is 0.276 e. The van der Waals surface area contributed by atoms with Crippen molar-refractivity contribution in [1.29, 1.82) is 0 Å². The first kappa shape index (κ1) is 14.9. The van der Waals surface area contributed by atoms with Gasteiger partial charge >= 0.3 is 0 Å². The van der Waals surface area contributed by atoms with Gasteiger partial charge in [-0.1, -0.05) is 48.0 Å². The highest BCUT2D eigenvalue weighted by atomic mass is 32.2. The number of carbonyl (C=O) groups is 1. The lowest BCUT2D eigenvalue weighted by Gasteiger charge is -2.05. The number of hydrogen-bond donors (Lipinski definition) is 1. The predicted octanol–water partition coefficient (Wildman–Crippen LogP) is 1.88. The van der Waals surface area contributed by atoms with E-state index in [1.807, 2.05) is 6.92 Å². The quantitative estimate of drug-likeness (QED) is 0.520. The van der Waals surface area contributed by atoms with Crippen molar-refractivity contribution in [2.45, 2.75) is 11.8 Å². The van der Waals surface area contributed by atoms with Crippen LogP contribution in [0.4, 0.5) is 0 Å². The van der Waals surface area contributed by atoms with E-state index in [9.17, 15) is 13.2 Å². The summed E-state index contributed by atoms with van der Waals surface area (Å²) in [6.07, 6.45) is 0.507. The van der Waals surface area contributed by atoms with E-state index in [1.165, 1.54) is 12.1 Å². The van der Waals surface area contributed by atoms with Crippen LogP contribution < -0.4 is 4.83 Å². The molecule has 1 N–H and O–H groups in total. The maximum atomic E-state index is 12.1. The second-order valence-electron chi connectivity index (χ2n) is 4.39. The first-order valence-corrected chi connectivity index (χ1v) is 7.68. The summed E-state index contributed by atoms with van der Waals surface area (Å²) < 4.78 is 24.1. The maximum absolute atomic E-state index is 12.1. The number of sulfonamides is 1. The summed E-state index contributed by atoms with van der Waals surface area (Å²) in [6.45, 7) is 1.86. The second kappa shape index (κ2) is 6.32. The van der Waals surface area contributed by atoms with Gasteiger partial charge in [-0.2, -0.15) is 18.4 Å². The summed E-state index contributed by atoms with van der Waals surface area (Å²) >= 11 is 0. The van der Waals surface area contributed by atoms with Gasteiger partial charge in [-0.05, 0) is 19.1 Å². The van der Waals surface area contributed by atoms with E-state index in [1.54, 1.807) is 42.5 Å². The zero-order valence-corrected chi connectivity index (χ0v) is 12.2. The molecule has 5 nitrogen and oxygen atoms in total. The molecule has 108 valence electrons. The summed E-state index contributed by atoms with van der Waals surface area (Å²) in [4.78, 5) is 13.2. The van der Waals surface area contributed by atoms with Gasteiger partial charge in [-0.3, -0.25) is 4.79 Å². The van der Waals surface area contributed by atoms with Gasteiger partial charge in [0.15, 0.2) is 6.29 Å². The van der Waals surface area contributed by atoms with E-state index in [0.29, 0.717) is 11.8 Å². The van der Waals surface area contributed by atoms with Gasteiger partial charge in [0.05, 0.1) is 4.90 Å². The lowest BCUT2D eigenvalue weighted by Crippen LogP contribution is -2.21. The molecule has 0 aromatic heterocycles. The third-order valence-electron chi connectivity index (χ3n) is 2.80. The second-order valence-corrected chi connectivity index (χ2v) is 6.05. The SMILES string of the molecule is Cc1ccc(S(=O)(=O)NN=C(C=O)c2ccccc2)cc1. The third-order valence-corrected chi connectivity index (χ3v) is 4.02. The lowest BCUT2D eigenvalue weighted by atomic mass is 10.1. The zero-order chi connectivity index (χ0) is 15.3. The number of benzene rings is 2. The van der Waals surface area contributed by atoms with Crippen LogP contribution in [0.3, 0.4) is 0 Å². The van der Waals surface area contributed by atoms with Crippen LogP contribution in [0.5, 0.6) is 0 Å². The molecule has 0 saturated heterocycles. The molecule has 0 spiro atoms. The van der Waals surface area contributed by atoms with Gasteiger partial charge in [-0.15, -0.1) is 0 Å². The number of carbonyl (C=O) groups excluding carboxylic acids is 1. The fourth-order valence-electron chi connectivity index (χ4n) is 1.65. The number of rotatable bonds is 5. The molecule has 0 radical (unpaired) electrons. The third kappa shape index (κ3) is 3.76. The molecule has 0 aliphatic rings. The van der Waals surface area contributed by atoms with Gasteiger partial charge in [-0.25, -0.2) is 0 Å². The highest BCUT2D eigenvalue weighted by Crippen LogP contribution is 2.10. The summed E-state index contributed by atoms with van der Waals surface area (Å²) in [5.41, 5.74) is 1.51. The largest absolute Gasteiger partial charge is 0.296 e. The van der Waals surface area contributed by atoms with Crippen molar-refractivity contribution in [3.05, 3.63) is 65.7 Å². The van der Waals surface area contributed by atoms with E-state index in [4.69, 9.17) is 0 Å². The Hall–Kier alpha value is -2.47. The minimum atomic E-state index is -3.79. The van der Waals surface area contributed by atoms with Gasteiger partial charge in [0.25, 0.3) is 10.0 Å². The van der Waals surface area contributed by atoms with Crippen LogP contribution in [0.1, 0.15) is 11.1 Å². The molecule has 0 unspecified atom stereocenters. The van der Waals surface area contributed by atoms with E-state index >= 15 is 0 Å². The molecular formula is C15H14N2O3S. The molecule has 0 bridgehead atoms. The van der Waals surface area contributed by atoms with E-state index in [2.05, 4.69) is 9.93 Å². The lowest BCUT2D eigenvalue weighted by molar-refractivity contribution is -0.102. The van der Waals surface area contributed by atoms with Gasteiger partial charge in [0.1, 0.15) is 5.71 Å². The van der Waals surface area contributed by atoms with Gasteiger partial charge < -0.3 is 0 Å². The summed E-state index contributed by atoms with van der Waals surface area (Å²) in [7, 11) is -3.79. The highest BCUT2D eigenvalue weighted by molar-refractivity contribution is 7.89. The molecule has 0 saturated carbocycles. The molecular weight excluding hydrogens is 288 g/mol. The number of aryl methyl sites for hydroxylation is 1. The Morgan fingerprint density at radius 2 is 1.67 bits per heavy atom. The molecule has 2 aromatic carbocycles. The van der Waals surface area contributed by atoms with Crippen molar-refractivity contribution < 1.29 is 13.2 Å². The monoisotopic (exact) mass is 302 g/mol. The molecule has 0 aliphatic heterocycles. The minimum Gasteiger partial charge on any atom is -0.296 e. The fraction of sp³-hybridized carbons (Fsp3) is 0.0667.